The zero-order valence-corrected chi connectivity index (χ0v) is 24.3. The van der Waals surface area contributed by atoms with Gasteiger partial charge >= 0.3 is 0 Å². The quantitative estimate of drug-likeness (QED) is 0.193. The summed E-state index contributed by atoms with van der Waals surface area (Å²) in [6.07, 6.45) is 0. The van der Waals surface area contributed by atoms with Gasteiger partial charge in [-0.25, -0.2) is 0 Å². The summed E-state index contributed by atoms with van der Waals surface area (Å²) in [6, 6.07) is 40.9. The van der Waals surface area contributed by atoms with Gasteiger partial charge in [-0.05, 0) is 60.0 Å². The lowest BCUT2D eigenvalue weighted by Gasteiger charge is -2.26. The lowest BCUT2D eigenvalue weighted by Crippen LogP contribution is -2.36. The van der Waals surface area contributed by atoms with Crippen molar-refractivity contribution in [2.45, 2.75) is 19.6 Å². The number of hydrogen-bond donors (Lipinski definition) is 2. The summed E-state index contributed by atoms with van der Waals surface area (Å²) >= 11 is 0. The Morgan fingerprint density at radius 1 is 0.818 bits per heavy atom. The molecule has 0 radical (unpaired) electrons. The van der Waals surface area contributed by atoms with Crippen LogP contribution in [-0.4, -0.2) is 28.2 Å². The molecule has 1 unspecified atom stereocenters. The van der Waals surface area contributed by atoms with E-state index in [2.05, 4.69) is 47.6 Å². The second-order valence-corrected chi connectivity index (χ2v) is 11.1. The SMILES string of the molecule is Cc1ccc(-c2[nH]c3ccccc3c2C2c3ccccc3C(=O)N2CC(=O)Nc2ccc(OCc3ccccc3)cc2)cc1. The molecule has 1 atom stereocenters. The van der Waals surface area contributed by atoms with E-state index in [-0.39, 0.29) is 18.4 Å². The number of hydrogen-bond acceptors (Lipinski definition) is 3. The van der Waals surface area contributed by atoms with E-state index in [0.717, 1.165) is 38.9 Å². The molecule has 1 aliphatic rings. The zero-order chi connectivity index (χ0) is 30.0. The Bertz CT molecular complexity index is 1960. The molecule has 44 heavy (non-hydrogen) atoms. The Kier molecular flexibility index (Phi) is 7.16. The fourth-order valence-corrected chi connectivity index (χ4v) is 5.97. The molecule has 7 rings (SSSR count). The van der Waals surface area contributed by atoms with E-state index in [1.807, 2.05) is 97.1 Å². The number of benzene rings is 5. The number of rotatable bonds is 8. The van der Waals surface area contributed by atoms with Crippen molar-refractivity contribution in [3.63, 3.8) is 0 Å². The lowest BCUT2D eigenvalue weighted by molar-refractivity contribution is -0.117. The van der Waals surface area contributed by atoms with Crippen LogP contribution in [0.15, 0.2) is 127 Å². The third-order valence-corrected chi connectivity index (χ3v) is 8.12. The summed E-state index contributed by atoms with van der Waals surface area (Å²) in [5, 5.41) is 4.00. The third kappa shape index (κ3) is 5.22. The number of carbonyl (C=O) groups excluding carboxylic acids is 2. The number of H-pyrrole nitrogens is 1. The molecule has 2 heterocycles. The smallest absolute Gasteiger partial charge is 0.255 e. The molecule has 0 bridgehead atoms. The molecule has 0 saturated carbocycles. The fourth-order valence-electron chi connectivity index (χ4n) is 5.97. The first-order chi connectivity index (χ1) is 21.5. The second-order valence-electron chi connectivity index (χ2n) is 11.1. The highest BCUT2D eigenvalue weighted by atomic mass is 16.5. The van der Waals surface area contributed by atoms with Crippen LogP contribution in [-0.2, 0) is 11.4 Å². The van der Waals surface area contributed by atoms with E-state index in [1.165, 1.54) is 5.56 Å². The molecule has 0 aliphatic carbocycles. The molecule has 1 aliphatic heterocycles. The minimum absolute atomic E-state index is 0.0999. The Hall–Kier alpha value is -5.62. The number of aromatic nitrogens is 1. The molecule has 1 aromatic heterocycles. The Morgan fingerprint density at radius 3 is 2.32 bits per heavy atom. The van der Waals surface area contributed by atoms with Crippen LogP contribution in [0.1, 0.15) is 38.7 Å². The number of nitrogens with zero attached hydrogens (tertiary/aromatic N) is 1. The minimum Gasteiger partial charge on any atom is -0.489 e. The van der Waals surface area contributed by atoms with Crippen LogP contribution < -0.4 is 10.1 Å². The maximum atomic E-state index is 13.9. The Labute approximate surface area is 255 Å². The number of anilines is 1. The third-order valence-electron chi connectivity index (χ3n) is 8.12. The highest BCUT2D eigenvalue weighted by molar-refractivity contribution is 6.05. The van der Waals surface area contributed by atoms with Crippen molar-refractivity contribution in [2.24, 2.45) is 0 Å². The van der Waals surface area contributed by atoms with Crippen LogP contribution in [0.4, 0.5) is 5.69 Å². The topological polar surface area (TPSA) is 74.4 Å². The van der Waals surface area contributed by atoms with E-state index >= 15 is 0 Å². The Morgan fingerprint density at radius 2 is 1.52 bits per heavy atom. The van der Waals surface area contributed by atoms with Gasteiger partial charge in [0, 0.05) is 27.7 Å². The largest absolute Gasteiger partial charge is 0.489 e. The molecular weight excluding hydrogens is 546 g/mol. The number of nitrogens with one attached hydrogen (secondary N) is 2. The Balaban J connectivity index is 1.18. The molecule has 0 fully saturated rings. The van der Waals surface area contributed by atoms with Crippen molar-refractivity contribution in [1.29, 1.82) is 0 Å². The summed E-state index contributed by atoms with van der Waals surface area (Å²) in [5.74, 6) is 0.274. The number of para-hydroxylation sites is 1. The minimum atomic E-state index is -0.439. The molecular formula is C38H31N3O3. The normalized spacial score (nSPS) is 14.1. The first-order valence-electron chi connectivity index (χ1n) is 14.7. The maximum Gasteiger partial charge on any atom is 0.255 e. The van der Waals surface area contributed by atoms with E-state index in [4.69, 9.17) is 4.74 Å². The van der Waals surface area contributed by atoms with Gasteiger partial charge in [-0.2, -0.15) is 0 Å². The number of ether oxygens (including phenoxy) is 1. The number of amides is 2. The second kappa shape index (κ2) is 11.6. The van der Waals surface area contributed by atoms with Crippen molar-refractivity contribution in [3.05, 3.63) is 155 Å². The van der Waals surface area contributed by atoms with Gasteiger partial charge in [0.05, 0.1) is 11.7 Å². The van der Waals surface area contributed by atoms with Crippen LogP contribution in [0.2, 0.25) is 0 Å². The van der Waals surface area contributed by atoms with Gasteiger partial charge in [0.1, 0.15) is 18.9 Å². The van der Waals surface area contributed by atoms with Crippen LogP contribution in [0.3, 0.4) is 0 Å². The van der Waals surface area contributed by atoms with Gasteiger partial charge in [0.15, 0.2) is 0 Å². The summed E-state index contributed by atoms with van der Waals surface area (Å²) in [4.78, 5) is 32.7. The summed E-state index contributed by atoms with van der Waals surface area (Å²) in [5.41, 5.74) is 8.32. The summed E-state index contributed by atoms with van der Waals surface area (Å²) in [6.45, 7) is 2.43. The molecule has 2 N–H and O–H groups in total. The van der Waals surface area contributed by atoms with Crippen molar-refractivity contribution in [1.82, 2.24) is 9.88 Å². The highest BCUT2D eigenvalue weighted by Gasteiger charge is 2.41. The van der Waals surface area contributed by atoms with E-state index in [1.54, 1.807) is 4.90 Å². The molecule has 216 valence electrons. The van der Waals surface area contributed by atoms with Crippen LogP contribution in [0.5, 0.6) is 5.75 Å². The van der Waals surface area contributed by atoms with Gasteiger partial charge in [0.2, 0.25) is 5.91 Å². The first-order valence-corrected chi connectivity index (χ1v) is 14.7. The van der Waals surface area contributed by atoms with Gasteiger partial charge in [-0.1, -0.05) is 96.6 Å². The van der Waals surface area contributed by atoms with Crippen LogP contribution in [0.25, 0.3) is 22.2 Å². The van der Waals surface area contributed by atoms with Gasteiger partial charge in [-0.3, -0.25) is 9.59 Å². The van der Waals surface area contributed by atoms with Crippen molar-refractivity contribution in [2.75, 3.05) is 11.9 Å². The molecule has 5 aromatic carbocycles. The monoisotopic (exact) mass is 577 g/mol. The number of fused-ring (bicyclic) bond motifs is 2. The molecule has 0 spiro atoms. The number of aryl methyl sites for hydroxylation is 1. The maximum absolute atomic E-state index is 13.9. The molecule has 6 aromatic rings. The zero-order valence-electron chi connectivity index (χ0n) is 24.3. The predicted molar refractivity (Wildman–Crippen MR) is 174 cm³/mol. The standard InChI is InChI=1S/C38H31N3O3/c1-25-15-17-27(18-16-25)36-35(32-13-7-8-14-33(32)40-36)37-30-11-5-6-12-31(30)38(43)41(37)23-34(42)39-28-19-21-29(22-20-28)44-24-26-9-3-2-4-10-26/h2-22,37,40H,23-24H2,1H3,(H,39,42). The van der Waals surface area contributed by atoms with Crippen LogP contribution in [0, 0.1) is 6.92 Å². The van der Waals surface area contributed by atoms with Gasteiger partial charge in [0.25, 0.3) is 5.91 Å². The number of carbonyl (C=O) groups is 2. The fraction of sp³-hybridized carbons (Fsp3) is 0.105. The molecule has 2 amide bonds. The summed E-state index contributed by atoms with van der Waals surface area (Å²) in [7, 11) is 0. The molecule has 6 heteroatoms. The first kappa shape index (κ1) is 27.2. The van der Waals surface area contributed by atoms with E-state index in [0.29, 0.717) is 23.6 Å². The van der Waals surface area contributed by atoms with Gasteiger partial charge in [-0.15, -0.1) is 0 Å². The molecule has 0 saturated heterocycles. The number of aromatic amines is 1. The predicted octanol–water partition coefficient (Wildman–Crippen LogP) is 7.91. The van der Waals surface area contributed by atoms with Gasteiger partial charge < -0.3 is 19.9 Å². The average Bonchev–Trinajstić information content (AvgIpc) is 3.56. The van der Waals surface area contributed by atoms with Crippen molar-refractivity contribution < 1.29 is 14.3 Å². The highest BCUT2D eigenvalue weighted by Crippen LogP contribution is 2.45. The molecule has 6 nitrogen and oxygen atoms in total. The summed E-state index contributed by atoms with van der Waals surface area (Å²) < 4.78 is 5.89. The average molecular weight is 578 g/mol. The van der Waals surface area contributed by atoms with E-state index < -0.39 is 6.04 Å². The van der Waals surface area contributed by atoms with Crippen molar-refractivity contribution in [3.8, 4) is 17.0 Å². The van der Waals surface area contributed by atoms with Crippen molar-refractivity contribution >= 4 is 28.4 Å². The van der Waals surface area contributed by atoms with Crippen LogP contribution >= 0.6 is 0 Å². The lowest BCUT2D eigenvalue weighted by atomic mass is 9.93. The van der Waals surface area contributed by atoms with E-state index in [9.17, 15) is 9.59 Å².